The number of aromatic amines is 1. The molecule has 4 aromatic rings. The van der Waals surface area contributed by atoms with Gasteiger partial charge < -0.3 is 25.1 Å². The van der Waals surface area contributed by atoms with Crippen LogP contribution in [0.1, 0.15) is 28.2 Å². The minimum Gasteiger partial charge on any atom is -0.383 e. The first-order chi connectivity index (χ1) is 17.9. The van der Waals surface area contributed by atoms with E-state index in [1.165, 1.54) is 24.4 Å². The molecule has 1 fully saturated rings. The summed E-state index contributed by atoms with van der Waals surface area (Å²) >= 11 is 0. The third kappa shape index (κ3) is 4.90. The van der Waals surface area contributed by atoms with E-state index in [1.54, 1.807) is 30.2 Å². The second-order valence-corrected chi connectivity index (χ2v) is 9.08. The number of halogens is 2. The van der Waals surface area contributed by atoms with E-state index in [-0.39, 0.29) is 30.2 Å². The van der Waals surface area contributed by atoms with E-state index in [2.05, 4.69) is 15.0 Å². The Hall–Kier alpha value is -3.89. The van der Waals surface area contributed by atoms with Gasteiger partial charge in [-0.15, -0.1) is 0 Å². The molecule has 37 heavy (non-hydrogen) atoms. The van der Waals surface area contributed by atoms with Crippen molar-refractivity contribution in [1.29, 1.82) is 0 Å². The molecule has 4 heterocycles. The Morgan fingerprint density at radius 3 is 2.73 bits per heavy atom. The molecule has 10 heteroatoms. The maximum absolute atomic E-state index is 14.2. The summed E-state index contributed by atoms with van der Waals surface area (Å²) in [6.45, 7) is 2.82. The number of aromatic nitrogens is 3. The summed E-state index contributed by atoms with van der Waals surface area (Å²) in [5.74, 6) is -1.22. The number of ether oxygens (including phenoxy) is 2. The number of nitrogens with zero attached hydrogens (tertiary/aromatic N) is 3. The fraction of sp³-hybridized carbons (Fsp3) is 0.296. The molecular weight excluding hydrogens is 480 g/mol. The second kappa shape index (κ2) is 10.2. The number of rotatable bonds is 6. The zero-order valence-electron chi connectivity index (χ0n) is 20.5. The minimum absolute atomic E-state index is 0.136. The Kier molecular flexibility index (Phi) is 6.86. The highest BCUT2D eigenvalue weighted by Crippen LogP contribution is 2.27. The summed E-state index contributed by atoms with van der Waals surface area (Å²) in [5.41, 5.74) is 9.10. The number of nitrogen functional groups attached to an aromatic ring is 1. The predicted octanol–water partition coefficient (Wildman–Crippen LogP) is 4.24. The predicted molar refractivity (Wildman–Crippen MR) is 135 cm³/mol. The van der Waals surface area contributed by atoms with Gasteiger partial charge in [0, 0.05) is 25.5 Å². The van der Waals surface area contributed by atoms with Crippen LogP contribution in [0.15, 0.2) is 48.7 Å². The van der Waals surface area contributed by atoms with E-state index in [1.807, 2.05) is 13.0 Å². The number of nitrogens with two attached hydrogens (primary N) is 1. The average molecular weight is 508 g/mol. The number of pyridine rings is 2. The van der Waals surface area contributed by atoms with Gasteiger partial charge in [-0.2, -0.15) is 0 Å². The number of hydrogen-bond donors (Lipinski definition) is 2. The van der Waals surface area contributed by atoms with Crippen molar-refractivity contribution < 1.29 is 23.0 Å². The van der Waals surface area contributed by atoms with Crippen molar-refractivity contribution in [1.82, 2.24) is 19.9 Å². The van der Waals surface area contributed by atoms with Crippen LogP contribution in [0.25, 0.3) is 22.2 Å². The lowest BCUT2D eigenvalue weighted by Gasteiger charge is -2.38. The largest absolute Gasteiger partial charge is 0.383 e. The molecule has 0 aliphatic carbocycles. The van der Waals surface area contributed by atoms with Gasteiger partial charge in [0.25, 0.3) is 5.91 Å². The van der Waals surface area contributed by atoms with Crippen LogP contribution in [-0.4, -0.2) is 58.2 Å². The highest BCUT2D eigenvalue weighted by atomic mass is 19.1. The van der Waals surface area contributed by atoms with E-state index < -0.39 is 11.6 Å². The summed E-state index contributed by atoms with van der Waals surface area (Å²) in [7, 11) is 1.61. The molecule has 1 aliphatic heterocycles. The fourth-order valence-electron chi connectivity index (χ4n) is 4.66. The number of carbonyl (C=O) groups excluding carboxylic acids is 1. The summed E-state index contributed by atoms with van der Waals surface area (Å²) in [4.78, 5) is 27.4. The van der Waals surface area contributed by atoms with Gasteiger partial charge in [0.1, 0.15) is 23.1 Å². The van der Waals surface area contributed by atoms with E-state index >= 15 is 0 Å². The van der Waals surface area contributed by atoms with Gasteiger partial charge in [-0.25, -0.2) is 13.8 Å². The summed E-state index contributed by atoms with van der Waals surface area (Å²) in [6.07, 6.45) is 1.81. The third-order valence-electron chi connectivity index (χ3n) is 6.70. The monoisotopic (exact) mass is 507 g/mol. The lowest BCUT2D eigenvalue weighted by atomic mass is 10.0. The Morgan fingerprint density at radius 1 is 1.24 bits per heavy atom. The van der Waals surface area contributed by atoms with Crippen LogP contribution in [0.3, 0.4) is 0 Å². The van der Waals surface area contributed by atoms with E-state index in [4.69, 9.17) is 15.2 Å². The number of fused-ring (bicyclic) bond motifs is 1. The van der Waals surface area contributed by atoms with Crippen molar-refractivity contribution in [3.05, 3.63) is 77.2 Å². The molecule has 1 saturated heterocycles. The molecule has 3 aromatic heterocycles. The first-order valence-electron chi connectivity index (χ1n) is 11.9. The molecule has 0 bridgehead atoms. The topological polar surface area (TPSA) is 106 Å². The summed E-state index contributed by atoms with van der Waals surface area (Å²) in [5, 5.41) is 0. The van der Waals surface area contributed by atoms with Crippen molar-refractivity contribution in [3.8, 4) is 11.1 Å². The SMILES string of the molecule is CO[C@@H]1CCOC[C@H]1N(Cc1ccc(-c2c(F)cccc2F)cn1)C(=O)c1cc2nc(N)c(C)cc2[nH]1. The van der Waals surface area contributed by atoms with E-state index in [9.17, 15) is 13.6 Å². The number of benzene rings is 1. The molecule has 192 valence electrons. The maximum Gasteiger partial charge on any atom is 0.271 e. The van der Waals surface area contributed by atoms with Gasteiger partial charge in [0.15, 0.2) is 0 Å². The van der Waals surface area contributed by atoms with E-state index in [0.717, 1.165) is 5.56 Å². The third-order valence-corrected chi connectivity index (χ3v) is 6.70. The van der Waals surface area contributed by atoms with E-state index in [0.29, 0.717) is 53.4 Å². The normalized spacial score (nSPS) is 17.7. The van der Waals surface area contributed by atoms with Crippen LogP contribution >= 0.6 is 0 Å². The zero-order chi connectivity index (χ0) is 26.1. The molecule has 1 amide bonds. The number of H-pyrrole nitrogens is 1. The summed E-state index contributed by atoms with van der Waals surface area (Å²) in [6, 6.07) is 10.1. The fourth-order valence-corrected chi connectivity index (χ4v) is 4.66. The second-order valence-electron chi connectivity index (χ2n) is 9.08. The number of anilines is 1. The quantitative estimate of drug-likeness (QED) is 0.404. The number of amides is 1. The van der Waals surface area contributed by atoms with Crippen LogP contribution in [0, 0.1) is 18.6 Å². The van der Waals surface area contributed by atoms with Crippen molar-refractivity contribution in [3.63, 3.8) is 0 Å². The highest BCUT2D eigenvalue weighted by molar-refractivity contribution is 5.97. The smallest absolute Gasteiger partial charge is 0.271 e. The molecule has 2 atom stereocenters. The molecule has 0 saturated carbocycles. The van der Waals surface area contributed by atoms with Crippen molar-refractivity contribution in [2.75, 3.05) is 26.1 Å². The number of aryl methyl sites for hydroxylation is 1. The van der Waals surface area contributed by atoms with Crippen LogP contribution < -0.4 is 5.73 Å². The van der Waals surface area contributed by atoms with Gasteiger partial charge >= 0.3 is 0 Å². The van der Waals surface area contributed by atoms with Crippen LogP contribution in [0.5, 0.6) is 0 Å². The first kappa shape index (κ1) is 24.8. The number of nitrogens with one attached hydrogen (secondary N) is 1. The molecular formula is C27H27F2N5O3. The highest BCUT2D eigenvalue weighted by Gasteiger charge is 2.35. The van der Waals surface area contributed by atoms with Gasteiger partial charge in [-0.1, -0.05) is 12.1 Å². The Morgan fingerprint density at radius 2 is 2.03 bits per heavy atom. The van der Waals surface area contributed by atoms with Gasteiger partial charge in [-0.05, 0) is 49.2 Å². The van der Waals surface area contributed by atoms with Crippen molar-refractivity contribution in [2.24, 2.45) is 0 Å². The zero-order valence-corrected chi connectivity index (χ0v) is 20.5. The standard InChI is InChI=1S/C27H27F2N5O3/c1-15-10-20-21(33-26(15)30)11-22(32-20)27(35)34(23-14-37-9-8-24(23)36-2)13-17-7-6-16(12-31-17)25-18(28)4-3-5-19(25)29/h3-7,10-12,23-24,32H,8-9,13-14H2,1-2H3,(H2,30,33)/t23-,24-/m1/s1. The number of hydrogen-bond acceptors (Lipinski definition) is 6. The molecule has 8 nitrogen and oxygen atoms in total. The Bertz CT molecular complexity index is 1380. The van der Waals surface area contributed by atoms with Crippen LogP contribution in [0.4, 0.5) is 14.6 Å². The molecule has 3 N–H and O–H groups in total. The molecule has 1 aromatic carbocycles. The molecule has 0 radical (unpaired) electrons. The molecule has 0 unspecified atom stereocenters. The molecule has 0 spiro atoms. The van der Waals surface area contributed by atoms with Gasteiger partial charge in [-0.3, -0.25) is 9.78 Å². The number of carbonyl (C=O) groups is 1. The maximum atomic E-state index is 14.2. The van der Waals surface area contributed by atoms with Crippen molar-refractivity contribution in [2.45, 2.75) is 32.0 Å². The Balaban J connectivity index is 1.48. The molecule has 5 rings (SSSR count). The first-order valence-corrected chi connectivity index (χ1v) is 11.9. The van der Waals surface area contributed by atoms with Crippen LogP contribution in [-0.2, 0) is 16.0 Å². The Labute approximate surface area is 212 Å². The van der Waals surface area contributed by atoms with Gasteiger partial charge in [0.2, 0.25) is 0 Å². The van der Waals surface area contributed by atoms with Gasteiger partial charge in [0.05, 0.1) is 47.6 Å². The average Bonchev–Trinajstić information content (AvgIpc) is 3.30. The number of methoxy groups -OCH3 is 1. The summed E-state index contributed by atoms with van der Waals surface area (Å²) < 4.78 is 39.9. The molecule has 1 aliphatic rings. The van der Waals surface area contributed by atoms with Crippen LogP contribution in [0.2, 0.25) is 0 Å². The lowest BCUT2D eigenvalue weighted by Crippen LogP contribution is -2.52. The van der Waals surface area contributed by atoms with Crippen molar-refractivity contribution >= 4 is 22.8 Å². The minimum atomic E-state index is -0.670. The lowest BCUT2D eigenvalue weighted by molar-refractivity contribution is -0.0716.